The van der Waals surface area contributed by atoms with Gasteiger partial charge < -0.3 is 37.6 Å². The summed E-state index contributed by atoms with van der Waals surface area (Å²) in [6, 6.07) is 4.28. The van der Waals surface area contributed by atoms with E-state index < -0.39 is 60.2 Å². The van der Waals surface area contributed by atoms with E-state index in [9.17, 15) is 29.1 Å². The van der Waals surface area contributed by atoms with Gasteiger partial charge in [0.15, 0.2) is 0 Å². The van der Waals surface area contributed by atoms with Crippen molar-refractivity contribution in [1.29, 1.82) is 0 Å². The maximum atomic E-state index is 12.9. The Bertz CT molecular complexity index is 865. The first-order valence-electron chi connectivity index (χ1n) is 11.4. The zero-order valence-corrected chi connectivity index (χ0v) is 19.7. The maximum absolute atomic E-state index is 12.9. The third-order valence-electron chi connectivity index (χ3n) is 5.24. The topological polar surface area (TPSA) is 214 Å². The number of unbranched alkanes of at least 4 members (excludes halogenated alkanes) is 1. The minimum absolute atomic E-state index is 0.0446. The van der Waals surface area contributed by atoms with Gasteiger partial charge in [-0.2, -0.15) is 0 Å². The van der Waals surface area contributed by atoms with E-state index in [1.54, 1.807) is 30.3 Å². The fourth-order valence-corrected chi connectivity index (χ4v) is 3.18. The monoisotopic (exact) mass is 493 g/mol. The van der Waals surface area contributed by atoms with Gasteiger partial charge in [-0.15, -0.1) is 0 Å². The lowest BCUT2D eigenvalue weighted by atomic mass is 10.0. The van der Waals surface area contributed by atoms with Gasteiger partial charge >= 0.3 is 11.9 Å². The first-order valence-corrected chi connectivity index (χ1v) is 11.4. The zero-order valence-electron chi connectivity index (χ0n) is 19.7. The third kappa shape index (κ3) is 11.5. The number of carboxylic acids is 2. The van der Waals surface area contributed by atoms with Crippen molar-refractivity contribution in [3.8, 4) is 0 Å². The van der Waals surface area contributed by atoms with Crippen molar-refractivity contribution >= 4 is 29.7 Å². The Morgan fingerprint density at radius 2 is 1.49 bits per heavy atom. The van der Waals surface area contributed by atoms with Crippen molar-refractivity contribution in [2.75, 3.05) is 6.54 Å². The summed E-state index contributed by atoms with van der Waals surface area (Å²) in [5.41, 5.74) is 12.0. The van der Waals surface area contributed by atoms with Gasteiger partial charge in [0.2, 0.25) is 17.7 Å². The summed E-state index contributed by atoms with van der Waals surface area (Å²) < 4.78 is 0. The van der Waals surface area contributed by atoms with Crippen LogP contribution in [0, 0.1) is 0 Å². The summed E-state index contributed by atoms with van der Waals surface area (Å²) >= 11 is 0. The van der Waals surface area contributed by atoms with Crippen molar-refractivity contribution in [3.05, 3.63) is 35.9 Å². The molecule has 9 N–H and O–H groups in total. The molecule has 0 radical (unpaired) electrons. The first-order chi connectivity index (χ1) is 16.5. The molecule has 1 aromatic carbocycles. The summed E-state index contributed by atoms with van der Waals surface area (Å²) in [6.45, 7) is 1.92. The van der Waals surface area contributed by atoms with Crippen molar-refractivity contribution in [2.24, 2.45) is 11.5 Å². The molecule has 4 unspecified atom stereocenters. The minimum Gasteiger partial charge on any atom is -0.481 e. The molecule has 0 saturated heterocycles. The Kier molecular flexibility index (Phi) is 13.0. The van der Waals surface area contributed by atoms with Crippen LogP contribution in [0.15, 0.2) is 30.3 Å². The molecule has 3 amide bonds. The van der Waals surface area contributed by atoms with E-state index in [2.05, 4.69) is 16.0 Å². The number of carbonyl (C=O) groups is 5. The summed E-state index contributed by atoms with van der Waals surface area (Å²) in [4.78, 5) is 60.2. The van der Waals surface area contributed by atoms with E-state index in [1.807, 2.05) is 0 Å². The van der Waals surface area contributed by atoms with Crippen LogP contribution < -0.4 is 27.4 Å². The molecule has 0 spiro atoms. The Hall–Kier alpha value is -3.51. The molecule has 1 rings (SSSR count). The third-order valence-corrected chi connectivity index (χ3v) is 5.24. The molecular weight excluding hydrogens is 458 g/mol. The smallest absolute Gasteiger partial charge is 0.326 e. The van der Waals surface area contributed by atoms with Crippen LogP contribution in [0.5, 0.6) is 0 Å². The molecule has 0 aliphatic heterocycles. The van der Waals surface area contributed by atoms with Crippen LogP contribution in [0.2, 0.25) is 0 Å². The normalized spacial score (nSPS) is 14.1. The zero-order chi connectivity index (χ0) is 26.4. The molecule has 0 aliphatic carbocycles. The Morgan fingerprint density at radius 1 is 0.857 bits per heavy atom. The highest BCUT2D eigenvalue weighted by atomic mass is 16.4. The second-order valence-electron chi connectivity index (χ2n) is 8.20. The van der Waals surface area contributed by atoms with Gasteiger partial charge in [0.1, 0.15) is 18.1 Å². The number of carbonyl (C=O) groups excluding carboxylic acids is 3. The second kappa shape index (κ2) is 15.4. The number of hydrogen-bond donors (Lipinski definition) is 7. The number of nitrogens with two attached hydrogens (primary N) is 2. The van der Waals surface area contributed by atoms with E-state index in [0.717, 1.165) is 6.42 Å². The summed E-state index contributed by atoms with van der Waals surface area (Å²) in [5.74, 6) is -4.58. The van der Waals surface area contributed by atoms with Crippen molar-refractivity contribution < 1.29 is 34.2 Å². The van der Waals surface area contributed by atoms with Crippen molar-refractivity contribution in [1.82, 2.24) is 16.0 Å². The molecule has 4 atom stereocenters. The molecule has 12 nitrogen and oxygen atoms in total. The summed E-state index contributed by atoms with van der Waals surface area (Å²) in [7, 11) is 0. The van der Waals surface area contributed by atoms with Crippen LogP contribution >= 0.6 is 0 Å². The molecule has 0 heterocycles. The average Bonchev–Trinajstić information content (AvgIpc) is 2.81. The summed E-state index contributed by atoms with van der Waals surface area (Å²) in [5, 5.41) is 25.5. The lowest BCUT2D eigenvalue weighted by Gasteiger charge is -2.24. The number of nitrogens with one attached hydrogen (secondary N) is 3. The van der Waals surface area contributed by atoms with Crippen molar-refractivity contribution in [3.63, 3.8) is 0 Å². The molecule has 0 saturated carbocycles. The Balaban J connectivity index is 2.88. The molecule has 12 heteroatoms. The van der Waals surface area contributed by atoms with Crippen molar-refractivity contribution in [2.45, 2.75) is 69.6 Å². The summed E-state index contributed by atoms with van der Waals surface area (Å²) in [6.07, 6.45) is 1.06. The van der Waals surface area contributed by atoms with Gasteiger partial charge in [-0.05, 0) is 38.3 Å². The largest absolute Gasteiger partial charge is 0.481 e. The predicted molar refractivity (Wildman–Crippen MR) is 127 cm³/mol. The van der Waals surface area contributed by atoms with Crippen LogP contribution in [0.3, 0.4) is 0 Å². The highest BCUT2D eigenvalue weighted by Gasteiger charge is 2.29. The van der Waals surface area contributed by atoms with E-state index in [4.69, 9.17) is 16.6 Å². The quantitative estimate of drug-likeness (QED) is 0.142. The fraction of sp³-hybridized carbons (Fsp3) is 0.522. The first kappa shape index (κ1) is 29.5. The van der Waals surface area contributed by atoms with Crippen LogP contribution in [0.1, 0.15) is 44.6 Å². The second-order valence-corrected chi connectivity index (χ2v) is 8.20. The lowest BCUT2D eigenvalue weighted by Crippen LogP contribution is -2.57. The van der Waals surface area contributed by atoms with Gasteiger partial charge in [0.05, 0.1) is 6.04 Å². The standard InChI is InChI=1S/C23H35N5O7/c1-14(26-21(32)16(25)9-5-6-12-24)20(31)28-18(13-15-7-3-2-4-8-15)22(33)27-17(23(34)35)10-11-19(29)30/h2-4,7-8,14,16-18H,5-6,9-13,24-25H2,1H3,(H,26,32)(H,27,33)(H,28,31)(H,29,30)(H,34,35). The average molecular weight is 494 g/mol. The molecule has 1 aromatic rings. The maximum Gasteiger partial charge on any atom is 0.326 e. The molecule has 0 aliphatic rings. The van der Waals surface area contributed by atoms with Crippen LogP contribution in [-0.4, -0.2) is 70.6 Å². The number of amides is 3. The highest BCUT2D eigenvalue weighted by molar-refractivity contribution is 5.94. The van der Waals surface area contributed by atoms with E-state index in [-0.39, 0.29) is 12.8 Å². The van der Waals surface area contributed by atoms with Gasteiger partial charge in [-0.3, -0.25) is 19.2 Å². The van der Waals surface area contributed by atoms with Gasteiger partial charge in [-0.1, -0.05) is 36.8 Å². The Labute approximate surface area is 203 Å². The van der Waals surface area contributed by atoms with E-state index in [0.29, 0.717) is 24.9 Å². The van der Waals surface area contributed by atoms with Gasteiger partial charge in [-0.25, -0.2) is 4.79 Å². The SMILES string of the molecule is CC(NC(=O)C(N)CCCCN)C(=O)NC(Cc1ccccc1)C(=O)NC(CCC(=O)O)C(=O)O. The van der Waals surface area contributed by atoms with Crippen LogP contribution in [0.4, 0.5) is 0 Å². The van der Waals surface area contributed by atoms with Gasteiger partial charge in [0.25, 0.3) is 0 Å². The number of rotatable bonds is 16. The molecule has 0 fully saturated rings. The van der Waals surface area contributed by atoms with Crippen LogP contribution in [-0.2, 0) is 30.4 Å². The fourth-order valence-electron chi connectivity index (χ4n) is 3.18. The number of benzene rings is 1. The number of carboxylic acid groups (broad SMARTS) is 2. The molecular formula is C23H35N5O7. The van der Waals surface area contributed by atoms with E-state index in [1.165, 1.54) is 6.92 Å². The molecule has 35 heavy (non-hydrogen) atoms. The van der Waals surface area contributed by atoms with Crippen LogP contribution in [0.25, 0.3) is 0 Å². The van der Waals surface area contributed by atoms with E-state index >= 15 is 0 Å². The molecule has 0 bridgehead atoms. The molecule has 0 aromatic heterocycles. The highest BCUT2D eigenvalue weighted by Crippen LogP contribution is 2.06. The van der Waals surface area contributed by atoms with Gasteiger partial charge in [0, 0.05) is 12.8 Å². The minimum atomic E-state index is -1.45. The Morgan fingerprint density at radius 3 is 2.06 bits per heavy atom. The predicted octanol–water partition coefficient (Wildman–Crippen LogP) is -0.891. The molecule has 194 valence electrons. The number of hydrogen-bond acceptors (Lipinski definition) is 7. The lowest BCUT2D eigenvalue weighted by molar-refractivity contribution is -0.143. The number of aliphatic carboxylic acids is 2.